The van der Waals surface area contributed by atoms with Crippen molar-refractivity contribution in [2.24, 2.45) is 0 Å². The molecule has 2 heterocycles. The van der Waals surface area contributed by atoms with Crippen LogP contribution in [-0.2, 0) is 0 Å². The summed E-state index contributed by atoms with van der Waals surface area (Å²) in [6.45, 7) is 0. The van der Waals surface area contributed by atoms with Gasteiger partial charge in [-0.2, -0.15) is 0 Å². The highest BCUT2D eigenvalue weighted by atomic mass is 15.0. The predicted octanol–water partition coefficient (Wildman–Crippen LogP) is 18.4. The summed E-state index contributed by atoms with van der Waals surface area (Å²) in [7, 11) is 0. The standard InChI is InChI=1S/C68H46N2/c1-6-20-47(21-7-1)53-32-18-33-54(44-53)67-59-38-36-56(70-65(51-27-12-4-13-28-51)42-43-66(70)52-29-14-5-15-30-52)46-62(59)68(58-35-19-31-48-22-16-17-34-57(48)58)60-39-37-55(45-61(60)67)69-63(49-23-8-2-9-24-49)40-41-64(69)50-25-10-3-11-26-50/h1-46H. The number of fused-ring (bicyclic) bond motifs is 3. The van der Waals surface area contributed by atoms with Crippen molar-refractivity contribution in [2.75, 3.05) is 0 Å². The van der Waals surface area contributed by atoms with Crippen LogP contribution in [0, 0.1) is 0 Å². The fraction of sp³-hybridized carbons (Fsp3) is 0. The quantitative estimate of drug-likeness (QED) is 0.128. The van der Waals surface area contributed by atoms with E-state index in [1.54, 1.807) is 0 Å². The SMILES string of the molecule is c1ccc(-c2cccc(-c3c4cc(-n5c(-c6ccccc6)ccc5-c5ccccc5)ccc4c(-c4cccc5ccccc45)c4cc(-n5c(-c6ccccc6)ccc5-c5ccccc5)ccc34)c2)cc1. The second kappa shape index (κ2) is 17.4. The van der Waals surface area contributed by atoms with Crippen molar-refractivity contribution in [3.05, 3.63) is 279 Å². The molecule has 2 aromatic heterocycles. The second-order valence-electron chi connectivity index (χ2n) is 18.0. The van der Waals surface area contributed by atoms with Gasteiger partial charge in [0, 0.05) is 11.4 Å². The highest BCUT2D eigenvalue weighted by molar-refractivity contribution is 6.24. The third-order valence-electron chi connectivity index (χ3n) is 14.0. The molecule has 13 aromatic rings. The van der Waals surface area contributed by atoms with E-state index in [-0.39, 0.29) is 0 Å². The zero-order valence-electron chi connectivity index (χ0n) is 38.5. The van der Waals surface area contributed by atoms with Gasteiger partial charge in [0.05, 0.1) is 22.8 Å². The van der Waals surface area contributed by atoms with E-state index >= 15 is 0 Å². The summed E-state index contributed by atoms with van der Waals surface area (Å²) < 4.78 is 4.89. The lowest BCUT2D eigenvalue weighted by Crippen LogP contribution is -2.02. The molecule has 2 nitrogen and oxygen atoms in total. The minimum absolute atomic E-state index is 1.10. The van der Waals surface area contributed by atoms with Crippen LogP contribution in [0.4, 0.5) is 0 Å². The Balaban J connectivity index is 1.17. The Morgan fingerprint density at radius 3 is 1.07 bits per heavy atom. The minimum atomic E-state index is 1.10. The first-order valence-electron chi connectivity index (χ1n) is 24.1. The Hall–Kier alpha value is -9.24. The Kier molecular flexibility index (Phi) is 10.2. The Morgan fingerprint density at radius 2 is 0.571 bits per heavy atom. The molecule has 0 aliphatic heterocycles. The molecular formula is C68H46N2. The molecule has 70 heavy (non-hydrogen) atoms. The van der Waals surface area contributed by atoms with E-state index in [4.69, 9.17) is 0 Å². The lowest BCUT2D eigenvalue weighted by Gasteiger charge is -2.22. The molecule has 0 spiro atoms. The molecule has 0 atom stereocenters. The molecule has 13 rings (SSSR count). The van der Waals surface area contributed by atoms with E-state index in [0.717, 1.165) is 45.3 Å². The molecule has 0 aliphatic carbocycles. The fourth-order valence-corrected chi connectivity index (χ4v) is 10.8. The van der Waals surface area contributed by atoms with Crippen LogP contribution in [0.5, 0.6) is 0 Å². The second-order valence-corrected chi connectivity index (χ2v) is 18.0. The van der Waals surface area contributed by atoms with Gasteiger partial charge >= 0.3 is 0 Å². The topological polar surface area (TPSA) is 9.86 Å². The third kappa shape index (κ3) is 7.13. The first kappa shape index (κ1) is 41.0. The van der Waals surface area contributed by atoms with Crippen LogP contribution in [0.15, 0.2) is 279 Å². The van der Waals surface area contributed by atoms with Crippen molar-refractivity contribution in [1.82, 2.24) is 9.13 Å². The van der Waals surface area contributed by atoms with Crippen LogP contribution in [0.3, 0.4) is 0 Å². The number of nitrogens with zero attached hydrogens (tertiary/aromatic N) is 2. The summed E-state index contributed by atoms with van der Waals surface area (Å²) in [5.41, 5.74) is 18.6. The maximum Gasteiger partial charge on any atom is 0.0535 e. The van der Waals surface area contributed by atoms with E-state index in [2.05, 4.69) is 288 Å². The number of hydrogen-bond acceptors (Lipinski definition) is 0. The van der Waals surface area contributed by atoms with Gasteiger partial charge in [-0.05, 0) is 143 Å². The van der Waals surface area contributed by atoms with E-state index < -0.39 is 0 Å². The lowest BCUT2D eigenvalue weighted by molar-refractivity contribution is 1.10. The van der Waals surface area contributed by atoms with Crippen molar-refractivity contribution in [1.29, 1.82) is 0 Å². The molecule has 0 amide bonds. The molecule has 0 N–H and O–H groups in total. The van der Waals surface area contributed by atoms with Gasteiger partial charge in [-0.15, -0.1) is 0 Å². The van der Waals surface area contributed by atoms with Crippen LogP contribution in [0.25, 0.3) is 122 Å². The molecule has 0 unspecified atom stereocenters. The summed E-state index contributed by atoms with van der Waals surface area (Å²) >= 11 is 0. The van der Waals surface area contributed by atoms with Gasteiger partial charge in [0.1, 0.15) is 0 Å². The van der Waals surface area contributed by atoms with Crippen molar-refractivity contribution in [2.45, 2.75) is 0 Å². The zero-order chi connectivity index (χ0) is 46.4. The van der Waals surface area contributed by atoms with E-state index in [1.807, 2.05) is 0 Å². The van der Waals surface area contributed by atoms with Crippen molar-refractivity contribution >= 4 is 32.3 Å². The summed E-state index contributed by atoms with van der Waals surface area (Å²) in [6, 6.07) is 102. The first-order chi connectivity index (χ1) is 34.7. The monoisotopic (exact) mass is 890 g/mol. The number of aromatic nitrogens is 2. The van der Waals surface area contributed by atoms with Crippen LogP contribution in [0.2, 0.25) is 0 Å². The summed E-state index contributed by atoms with van der Waals surface area (Å²) in [4.78, 5) is 0. The maximum atomic E-state index is 2.45. The van der Waals surface area contributed by atoms with E-state index in [9.17, 15) is 0 Å². The highest BCUT2D eigenvalue weighted by Crippen LogP contribution is 2.48. The van der Waals surface area contributed by atoms with Crippen molar-refractivity contribution in [3.8, 4) is 89.8 Å². The van der Waals surface area contributed by atoms with Crippen LogP contribution in [-0.4, -0.2) is 9.13 Å². The molecule has 2 heteroatoms. The van der Waals surface area contributed by atoms with Gasteiger partial charge in [0.15, 0.2) is 0 Å². The largest absolute Gasteiger partial charge is 0.309 e. The average Bonchev–Trinajstić information content (AvgIpc) is 4.10. The zero-order valence-corrected chi connectivity index (χ0v) is 38.5. The summed E-state index contributed by atoms with van der Waals surface area (Å²) in [6.07, 6.45) is 0. The molecule has 0 fully saturated rings. The van der Waals surface area contributed by atoms with Gasteiger partial charge in [-0.1, -0.05) is 224 Å². The number of rotatable bonds is 9. The highest BCUT2D eigenvalue weighted by Gasteiger charge is 2.23. The predicted molar refractivity (Wildman–Crippen MR) is 296 cm³/mol. The molecule has 11 aromatic carbocycles. The molecule has 0 bridgehead atoms. The van der Waals surface area contributed by atoms with Gasteiger partial charge in [-0.3, -0.25) is 0 Å². The van der Waals surface area contributed by atoms with Crippen molar-refractivity contribution in [3.63, 3.8) is 0 Å². The van der Waals surface area contributed by atoms with Gasteiger partial charge in [-0.25, -0.2) is 0 Å². The van der Waals surface area contributed by atoms with E-state index in [0.29, 0.717) is 0 Å². The van der Waals surface area contributed by atoms with Crippen LogP contribution in [0.1, 0.15) is 0 Å². The van der Waals surface area contributed by atoms with Crippen LogP contribution >= 0.6 is 0 Å². The van der Waals surface area contributed by atoms with Gasteiger partial charge in [0.2, 0.25) is 0 Å². The number of hydrogen-bond donors (Lipinski definition) is 0. The summed E-state index contributed by atoms with van der Waals surface area (Å²) in [5, 5.41) is 7.20. The fourth-order valence-electron chi connectivity index (χ4n) is 10.8. The molecular weight excluding hydrogens is 845 g/mol. The molecule has 0 saturated heterocycles. The Bertz CT molecular complexity index is 3900. The Labute approximate surface area is 408 Å². The Morgan fingerprint density at radius 1 is 0.200 bits per heavy atom. The van der Waals surface area contributed by atoms with Gasteiger partial charge < -0.3 is 9.13 Å². The summed E-state index contributed by atoms with van der Waals surface area (Å²) in [5.74, 6) is 0. The average molecular weight is 891 g/mol. The lowest BCUT2D eigenvalue weighted by atomic mass is 9.84. The van der Waals surface area contributed by atoms with Crippen LogP contribution < -0.4 is 0 Å². The van der Waals surface area contributed by atoms with E-state index in [1.165, 1.54) is 76.8 Å². The molecule has 0 radical (unpaired) electrons. The third-order valence-corrected chi connectivity index (χ3v) is 14.0. The minimum Gasteiger partial charge on any atom is -0.309 e. The molecule has 0 saturated carbocycles. The maximum absolute atomic E-state index is 2.45. The first-order valence-corrected chi connectivity index (χ1v) is 24.1. The smallest absolute Gasteiger partial charge is 0.0535 e. The number of benzene rings is 11. The van der Waals surface area contributed by atoms with Crippen molar-refractivity contribution < 1.29 is 0 Å². The van der Waals surface area contributed by atoms with Gasteiger partial charge in [0.25, 0.3) is 0 Å². The molecule has 328 valence electrons. The normalized spacial score (nSPS) is 11.4. The molecule has 0 aliphatic rings.